The molecule has 0 bridgehead atoms. The van der Waals surface area contributed by atoms with Crippen LogP contribution in [0.1, 0.15) is 128 Å². The minimum Gasteiger partial charge on any atom is -0.550 e. The zero-order chi connectivity index (χ0) is 32.3. The van der Waals surface area contributed by atoms with Gasteiger partial charge >= 0.3 is 16.8 Å². The molecule has 2 aromatic carbocycles. The second-order valence-electron chi connectivity index (χ2n) is 12.6. The van der Waals surface area contributed by atoms with Crippen molar-refractivity contribution in [2.45, 2.75) is 106 Å². The van der Waals surface area contributed by atoms with Crippen molar-refractivity contribution in [3.63, 3.8) is 0 Å². The van der Waals surface area contributed by atoms with Crippen LogP contribution in [0.15, 0.2) is 34.3 Å². The molecule has 0 saturated carbocycles. The number of aliphatic carboxylic acids is 2. The van der Waals surface area contributed by atoms with Crippen molar-refractivity contribution < 1.29 is 46.8 Å². The van der Waals surface area contributed by atoms with E-state index in [4.69, 9.17) is 19.8 Å². The maximum atomic E-state index is 10.7. The molecule has 42 heavy (non-hydrogen) atoms. The molecule has 9 heteroatoms. The van der Waals surface area contributed by atoms with Gasteiger partial charge in [-0.3, -0.25) is 9.98 Å². The quantitative estimate of drug-likeness (QED) is 0.434. The van der Waals surface area contributed by atoms with Crippen LogP contribution in [0.4, 0.5) is 0 Å². The van der Waals surface area contributed by atoms with E-state index in [-0.39, 0.29) is 57.6 Å². The first-order valence-corrected chi connectivity index (χ1v) is 13.7. The first-order valence-electron chi connectivity index (χ1n) is 13.7. The molecule has 0 atom stereocenters. The molecule has 0 saturated heterocycles. The SMILES string of the molecule is CC(=O)[O-].CC(=O)[O-].CC(C)c1cc(C(C)(C)C)cc(C=NCN=Cc2cc(C(C)(C)C)cc(C(C)C)c2O)c1O.[Co+2]. The standard InChI is InChI=1S/C29H42N2O2.2C2H4O2.Co/c1-18(2)24-13-22(28(5,6)7)11-20(26(24)32)15-30-17-31-16-21-12-23(29(8,9)10)14-25(19(3)4)27(21)33;2*1-2(3)4;/h11-16,18-19,32-33H,17H2,1-10H3;2*1H3,(H,3,4);/q;;;+2/p-2. The van der Waals surface area contributed by atoms with Crippen LogP contribution in [0.2, 0.25) is 0 Å². The molecule has 2 rings (SSSR count). The molecule has 1 radical (unpaired) electrons. The predicted molar refractivity (Wildman–Crippen MR) is 163 cm³/mol. The van der Waals surface area contributed by atoms with Gasteiger partial charge in [0, 0.05) is 35.5 Å². The number of carboxylic acid groups (broad SMARTS) is 2. The Morgan fingerprint density at radius 1 is 0.714 bits per heavy atom. The van der Waals surface area contributed by atoms with Crippen molar-refractivity contribution in [2.75, 3.05) is 6.67 Å². The molecule has 0 unspecified atom stereocenters. The van der Waals surface area contributed by atoms with Crippen molar-refractivity contribution in [3.8, 4) is 11.5 Å². The number of aromatic hydroxyl groups is 2. The fraction of sp³-hybridized carbons (Fsp3) is 0.515. The van der Waals surface area contributed by atoms with Crippen LogP contribution in [0, 0.1) is 0 Å². The van der Waals surface area contributed by atoms with Gasteiger partial charge in [0.1, 0.15) is 18.2 Å². The van der Waals surface area contributed by atoms with Crippen LogP contribution >= 0.6 is 0 Å². The Bertz CT molecular complexity index is 1130. The van der Waals surface area contributed by atoms with Crippen molar-refractivity contribution in [1.29, 1.82) is 0 Å². The van der Waals surface area contributed by atoms with Crippen molar-refractivity contribution >= 4 is 24.4 Å². The smallest absolute Gasteiger partial charge is 0.550 e. The fourth-order valence-electron chi connectivity index (χ4n) is 3.63. The molecule has 0 fully saturated rings. The summed E-state index contributed by atoms with van der Waals surface area (Å²) in [5, 5.41) is 39.3. The maximum absolute atomic E-state index is 10.7. The summed E-state index contributed by atoms with van der Waals surface area (Å²) in [7, 11) is 0. The van der Waals surface area contributed by atoms with E-state index in [1.165, 1.54) is 11.1 Å². The summed E-state index contributed by atoms with van der Waals surface area (Å²) in [6.45, 7) is 23.5. The summed E-state index contributed by atoms with van der Waals surface area (Å²) in [5.74, 6) is -1.18. The van der Waals surface area contributed by atoms with Gasteiger partial charge < -0.3 is 30.0 Å². The summed E-state index contributed by atoms with van der Waals surface area (Å²) in [4.78, 5) is 26.6. The number of rotatable bonds is 6. The number of carboxylic acids is 2. The van der Waals surface area contributed by atoms with Gasteiger partial charge in [-0.25, -0.2) is 0 Å². The third-order valence-corrected chi connectivity index (χ3v) is 5.94. The number of benzene rings is 2. The van der Waals surface area contributed by atoms with Crippen molar-refractivity contribution in [1.82, 2.24) is 0 Å². The Labute approximate surface area is 262 Å². The summed E-state index contributed by atoms with van der Waals surface area (Å²) < 4.78 is 0. The van der Waals surface area contributed by atoms with E-state index in [1.54, 1.807) is 12.4 Å². The average Bonchev–Trinajstić information content (AvgIpc) is 2.78. The molecule has 2 N–H and O–H groups in total. The Morgan fingerprint density at radius 3 is 1.19 bits per heavy atom. The van der Waals surface area contributed by atoms with Gasteiger partial charge in [-0.05, 0) is 70.9 Å². The first-order chi connectivity index (χ1) is 18.6. The zero-order valence-corrected chi connectivity index (χ0v) is 28.1. The van der Waals surface area contributed by atoms with Gasteiger partial charge in [-0.1, -0.05) is 81.4 Å². The number of phenolic OH excluding ortho intramolecular Hbond substituents is 2. The Morgan fingerprint density at radius 2 is 0.976 bits per heavy atom. The number of carbonyl (C=O) groups is 2. The Kier molecular flexibility index (Phi) is 17.3. The zero-order valence-electron chi connectivity index (χ0n) is 27.1. The topological polar surface area (TPSA) is 145 Å². The van der Waals surface area contributed by atoms with Crippen LogP contribution < -0.4 is 10.2 Å². The molecule has 0 aliphatic rings. The van der Waals surface area contributed by atoms with Crippen LogP contribution in [0.3, 0.4) is 0 Å². The van der Waals surface area contributed by atoms with Gasteiger partial charge in [0.25, 0.3) is 0 Å². The van der Waals surface area contributed by atoms with E-state index >= 15 is 0 Å². The van der Waals surface area contributed by atoms with E-state index in [0.717, 1.165) is 25.0 Å². The van der Waals surface area contributed by atoms with Crippen LogP contribution in [0.5, 0.6) is 11.5 Å². The van der Waals surface area contributed by atoms with Gasteiger partial charge in [-0.15, -0.1) is 0 Å². The monoisotopic (exact) mass is 627 g/mol. The van der Waals surface area contributed by atoms with Gasteiger partial charge in [0.15, 0.2) is 0 Å². The molecule has 0 heterocycles. The molecule has 0 amide bonds. The number of phenols is 2. The van der Waals surface area contributed by atoms with E-state index in [0.29, 0.717) is 11.1 Å². The number of carbonyl (C=O) groups excluding carboxylic acids is 2. The van der Waals surface area contributed by atoms with Gasteiger partial charge in [0.2, 0.25) is 0 Å². The Balaban J connectivity index is 0. The van der Waals surface area contributed by atoms with Crippen molar-refractivity contribution in [3.05, 3.63) is 57.6 Å². The third kappa shape index (κ3) is 14.6. The molecule has 8 nitrogen and oxygen atoms in total. The normalized spacial score (nSPS) is 11.6. The first kappa shape index (κ1) is 41.0. The largest absolute Gasteiger partial charge is 2.00 e. The minimum atomic E-state index is -1.08. The van der Waals surface area contributed by atoms with Crippen LogP contribution in [-0.2, 0) is 37.2 Å². The summed E-state index contributed by atoms with van der Waals surface area (Å²) in [5.41, 5.74) is 5.55. The molecule has 235 valence electrons. The fourth-order valence-corrected chi connectivity index (χ4v) is 3.63. The van der Waals surface area contributed by atoms with E-state index < -0.39 is 11.9 Å². The van der Waals surface area contributed by atoms with Gasteiger partial charge in [0.05, 0.1) is 0 Å². The maximum Gasteiger partial charge on any atom is 2.00 e. The van der Waals surface area contributed by atoms with E-state index in [9.17, 15) is 10.2 Å². The molecular weight excluding hydrogens is 579 g/mol. The summed E-state index contributed by atoms with van der Waals surface area (Å²) in [6, 6.07) is 8.18. The minimum absolute atomic E-state index is 0. The molecule has 0 aliphatic heterocycles. The molecule has 0 aromatic heterocycles. The second kappa shape index (κ2) is 17.7. The number of aliphatic imine (C=N–C) groups is 2. The molecule has 0 spiro atoms. The summed E-state index contributed by atoms with van der Waals surface area (Å²) in [6.07, 6.45) is 3.39. The second-order valence-corrected chi connectivity index (χ2v) is 12.6. The predicted octanol–water partition coefficient (Wildman–Crippen LogP) is 4.95. The molecule has 2 aromatic rings. The van der Waals surface area contributed by atoms with Crippen LogP contribution in [0.25, 0.3) is 0 Å². The van der Waals surface area contributed by atoms with Crippen LogP contribution in [-0.4, -0.2) is 41.2 Å². The number of hydrogen-bond donors (Lipinski definition) is 2. The number of hydrogen-bond acceptors (Lipinski definition) is 8. The summed E-state index contributed by atoms with van der Waals surface area (Å²) >= 11 is 0. The van der Waals surface area contributed by atoms with E-state index in [2.05, 4.69) is 91.4 Å². The van der Waals surface area contributed by atoms with Gasteiger partial charge in [-0.2, -0.15) is 0 Å². The average molecular weight is 628 g/mol. The Hall–Kier alpha value is -3.17. The number of nitrogens with zero attached hydrogens (tertiary/aromatic N) is 2. The van der Waals surface area contributed by atoms with Crippen molar-refractivity contribution in [2.24, 2.45) is 9.98 Å². The van der Waals surface area contributed by atoms with E-state index in [1.807, 2.05) is 12.1 Å². The molecular formula is C33H48CoN2O6. The molecule has 0 aliphatic carbocycles. The third-order valence-electron chi connectivity index (χ3n) is 5.94.